The lowest BCUT2D eigenvalue weighted by molar-refractivity contribution is 0.326. The van der Waals surface area contributed by atoms with Crippen LogP contribution in [0.15, 0.2) is 71.4 Å². The third-order valence-electron chi connectivity index (χ3n) is 5.56. The maximum absolute atomic E-state index is 13.4. The number of methoxy groups -OCH3 is 1. The van der Waals surface area contributed by atoms with E-state index in [0.29, 0.717) is 30.0 Å². The van der Waals surface area contributed by atoms with Crippen molar-refractivity contribution in [3.8, 4) is 22.6 Å². The summed E-state index contributed by atoms with van der Waals surface area (Å²) in [6.45, 7) is 4.72. The number of aromatic nitrogens is 2. The molecule has 3 heterocycles. The second-order valence-corrected chi connectivity index (χ2v) is 8.38. The van der Waals surface area contributed by atoms with Gasteiger partial charge in [-0.1, -0.05) is 49.1 Å². The molecule has 1 aliphatic heterocycles. The third kappa shape index (κ3) is 3.52. The summed E-state index contributed by atoms with van der Waals surface area (Å²) in [5, 5.41) is 2.73. The fourth-order valence-electron chi connectivity index (χ4n) is 4.03. The van der Waals surface area contributed by atoms with E-state index >= 15 is 0 Å². The number of hydrogen-bond acceptors (Lipinski definition) is 5. The van der Waals surface area contributed by atoms with E-state index in [1.807, 2.05) is 53.9 Å². The number of rotatable bonds is 6. The van der Waals surface area contributed by atoms with E-state index in [2.05, 4.69) is 12.7 Å². The zero-order valence-electron chi connectivity index (χ0n) is 17.7. The van der Waals surface area contributed by atoms with Crippen LogP contribution in [0, 0.1) is 0 Å². The topological polar surface area (TPSA) is 53.4 Å². The summed E-state index contributed by atoms with van der Waals surface area (Å²) in [6.07, 6.45) is 4.53. The van der Waals surface area contributed by atoms with Crippen LogP contribution in [0.4, 0.5) is 0 Å². The highest BCUT2D eigenvalue weighted by Gasteiger charge is 2.23. The molecule has 6 heteroatoms. The Labute approximate surface area is 189 Å². The maximum atomic E-state index is 13.4. The number of benzene rings is 2. The van der Waals surface area contributed by atoms with Crippen LogP contribution in [0.2, 0.25) is 0 Å². The zero-order chi connectivity index (χ0) is 22.1. The molecule has 0 unspecified atom stereocenters. The predicted octanol–water partition coefficient (Wildman–Crippen LogP) is 5.64. The molecule has 0 spiro atoms. The van der Waals surface area contributed by atoms with E-state index < -0.39 is 0 Å². The van der Waals surface area contributed by atoms with Gasteiger partial charge in [0.15, 0.2) is 11.5 Å². The lowest BCUT2D eigenvalue weighted by Gasteiger charge is -2.10. The average molecular weight is 443 g/mol. The highest BCUT2D eigenvalue weighted by molar-refractivity contribution is 7.17. The van der Waals surface area contributed by atoms with Crippen molar-refractivity contribution in [3.63, 3.8) is 0 Å². The standard InChI is InChI=1S/C26H22N2O3S/c1-3-13-31-21-10-9-17(15-22(21)30-2)14-19-11-12-28-24(19)27-25-23(26(28)29)20(16-32-25)18-7-5-4-6-8-18/h3-10,14-16H,1,11-13H2,2H3/b19-14+. The van der Waals surface area contributed by atoms with Crippen molar-refractivity contribution in [3.05, 3.63) is 88.3 Å². The molecular formula is C26H22N2O3S. The molecular weight excluding hydrogens is 420 g/mol. The Morgan fingerprint density at radius 3 is 2.81 bits per heavy atom. The van der Waals surface area contributed by atoms with Crippen molar-refractivity contribution < 1.29 is 9.47 Å². The predicted molar refractivity (Wildman–Crippen MR) is 130 cm³/mol. The van der Waals surface area contributed by atoms with Crippen molar-refractivity contribution in [2.75, 3.05) is 13.7 Å². The van der Waals surface area contributed by atoms with E-state index in [4.69, 9.17) is 14.5 Å². The van der Waals surface area contributed by atoms with Gasteiger partial charge in [-0.2, -0.15) is 0 Å². The highest BCUT2D eigenvalue weighted by Crippen LogP contribution is 2.35. The molecule has 0 atom stereocenters. The normalized spacial score (nSPS) is 14.0. The minimum absolute atomic E-state index is 0.0271. The second-order valence-electron chi connectivity index (χ2n) is 7.52. The summed E-state index contributed by atoms with van der Waals surface area (Å²) in [5.41, 5.74) is 4.04. The highest BCUT2D eigenvalue weighted by atomic mass is 32.1. The molecule has 2 aromatic heterocycles. The second kappa shape index (κ2) is 8.48. The summed E-state index contributed by atoms with van der Waals surface area (Å²) in [5.74, 6) is 2.07. The van der Waals surface area contributed by atoms with Crippen LogP contribution >= 0.6 is 11.3 Å². The first-order chi connectivity index (χ1) is 15.7. The van der Waals surface area contributed by atoms with Gasteiger partial charge in [-0.05, 0) is 41.3 Å². The van der Waals surface area contributed by atoms with E-state index in [1.165, 1.54) is 11.3 Å². The Balaban J connectivity index is 1.56. The van der Waals surface area contributed by atoms with Gasteiger partial charge >= 0.3 is 0 Å². The minimum Gasteiger partial charge on any atom is -0.493 e. The van der Waals surface area contributed by atoms with Gasteiger partial charge in [0, 0.05) is 17.5 Å². The molecule has 0 amide bonds. The summed E-state index contributed by atoms with van der Waals surface area (Å²) in [4.78, 5) is 19.0. The van der Waals surface area contributed by atoms with Gasteiger partial charge in [-0.25, -0.2) is 4.98 Å². The SMILES string of the molecule is C=CCOc1ccc(/C=C2\CCn3c2nc2scc(-c4ccccc4)c2c3=O)cc1OC. The molecule has 4 aromatic rings. The van der Waals surface area contributed by atoms with Gasteiger partial charge in [0.05, 0.1) is 12.5 Å². The zero-order valence-corrected chi connectivity index (χ0v) is 18.5. The molecule has 0 saturated heterocycles. The van der Waals surface area contributed by atoms with E-state index in [0.717, 1.165) is 39.3 Å². The van der Waals surface area contributed by atoms with Gasteiger partial charge in [-0.3, -0.25) is 9.36 Å². The number of allylic oxidation sites excluding steroid dienone is 1. The molecule has 2 aromatic carbocycles. The summed E-state index contributed by atoms with van der Waals surface area (Å²) in [6, 6.07) is 15.8. The lowest BCUT2D eigenvalue weighted by atomic mass is 10.1. The quantitative estimate of drug-likeness (QED) is 0.363. The molecule has 0 aliphatic carbocycles. The van der Waals surface area contributed by atoms with Gasteiger partial charge in [0.2, 0.25) is 0 Å². The number of fused-ring (bicyclic) bond motifs is 2. The molecule has 0 bridgehead atoms. The Morgan fingerprint density at radius 2 is 2.03 bits per heavy atom. The van der Waals surface area contributed by atoms with Gasteiger partial charge in [0.1, 0.15) is 17.3 Å². The molecule has 5 rings (SSSR count). The van der Waals surface area contributed by atoms with Crippen molar-refractivity contribution in [1.82, 2.24) is 9.55 Å². The lowest BCUT2D eigenvalue weighted by Crippen LogP contribution is -2.20. The van der Waals surface area contributed by atoms with Crippen LogP contribution in [-0.4, -0.2) is 23.3 Å². The van der Waals surface area contributed by atoms with Crippen LogP contribution in [0.3, 0.4) is 0 Å². The molecule has 5 nitrogen and oxygen atoms in total. The van der Waals surface area contributed by atoms with E-state index in [1.54, 1.807) is 17.8 Å². The fourth-order valence-corrected chi connectivity index (χ4v) is 4.97. The molecule has 0 fully saturated rings. The summed E-state index contributed by atoms with van der Waals surface area (Å²) >= 11 is 1.52. The van der Waals surface area contributed by atoms with Crippen LogP contribution in [-0.2, 0) is 6.54 Å². The smallest absolute Gasteiger partial charge is 0.263 e. The first-order valence-electron chi connectivity index (χ1n) is 10.4. The Bertz CT molecular complexity index is 1400. The van der Waals surface area contributed by atoms with Crippen molar-refractivity contribution in [2.45, 2.75) is 13.0 Å². The molecule has 160 valence electrons. The first kappa shape index (κ1) is 20.3. The number of nitrogens with zero attached hydrogens (tertiary/aromatic N) is 2. The number of hydrogen-bond donors (Lipinski definition) is 0. The Morgan fingerprint density at radius 1 is 1.19 bits per heavy atom. The Kier molecular flexibility index (Phi) is 5.37. The molecule has 0 saturated carbocycles. The van der Waals surface area contributed by atoms with Gasteiger partial charge in [0.25, 0.3) is 5.56 Å². The molecule has 32 heavy (non-hydrogen) atoms. The maximum Gasteiger partial charge on any atom is 0.263 e. The summed E-state index contributed by atoms with van der Waals surface area (Å²) < 4.78 is 12.9. The van der Waals surface area contributed by atoms with Gasteiger partial charge in [-0.15, -0.1) is 11.3 Å². The number of thiophene rings is 1. The van der Waals surface area contributed by atoms with E-state index in [9.17, 15) is 4.79 Å². The number of ether oxygens (including phenoxy) is 2. The monoisotopic (exact) mass is 442 g/mol. The van der Waals surface area contributed by atoms with Crippen LogP contribution in [0.25, 0.3) is 33.0 Å². The first-order valence-corrected chi connectivity index (χ1v) is 11.3. The minimum atomic E-state index is 0.0271. The van der Waals surface area contributed by atoms with Gasteiger partial charge < -0.3 is 9.47 Å². The van der Waals surface area contributed by atoms with Crippen molar-refractivity contribution in [2.24, 2.45) is 0 Å². The van der Waals surface area contributed by atoms with Crippen molar-refractivity contribution in [1.29, 1.82) is 0 Å². The van der Waals surface area contributed by atoms with Crippen LogP contribution < -0.4 is 15.0 Å². The molecule has 0 N–H and O–H groups in total. The Hall–Kier alpha value is -3.64. The largest absolute Gasteiger partial charge is 0.493 e. The van der Waals surface area contributed by atoms with Crippen LogP contribution in [0.5, 0.6) is 11.5 Å². The third-order valence-corrected chi connectivity index (χ3v) is 6.43. The average Bonchev–Trinajstić information content (AvgIpc) is 3.44. The van der Waals surface area contributed by atoms with Crippen LogP contribution in [0.1, 0.15) is 17.8 Å². The molecule has 1 aliphatic rings. The molecule has 0 radical (unpaired) electrons. The van der Waals surface area contributed by atoms with E-state index in [-0.39, 0.29) is 5.56 Å². The fraction of sp³-hybridized carbons (Fsp3) is 0.154. The van der Waals surface area contributed by atoms with Crippen molar-refractivity contribution >= 4 is 33.2 Å². The summed E-state index contributed by atoms with van der Waals surface area (Å²) in [7, 11) is 1.62.